The van der Waals surface area contributed by atoms with Crippen LogP contribution >= 0.6 is 0 Å². The number of nitrogens with one attached hydrogen (secondary N) is 1. The molecule has 2 aromatic rings. The van der Waals surface area contributed by atoms with E-state index in [0.29, 0.717) is 11.6 Å². The zero-order valence-electron chi connectivity index (χ0n) is 12.0. The maximum absolute atomic E-state index is 12.6. The third-order valence-corrected chi connectivity index (χ3v) is 3.85. The van der Waals surface area contributed by atoms with Gasteiger partial charge in [-0.2, -0.15) is 0 Å². The summed E-state index contributed by atoms with van der Waals surface area (Å²) in [5.41, 5.74) is 2.68. The lowest BCUT2D eigenvalue weighted by Crippen LogP contribution is -2.26. The lowest BCUT2D eigenvalue weighted by molar-refractivity contribution is 0.0946. The van der Waals surface area contributed by atoms with Crippen LogP contribution in [0.25, 0.3) is 10.9 Å². The van der Waals surface area contributed by atoms with E-state index in [2.05, 4.69) is 16.9 Å². The molecule has 0 bridgehead atoms. The van der Waals surface area contributed by atoms with Gasteiger partial charge in [0.1, 0.15) is 5.69 Å². The third kappa shape index (κ3) is 2.68. The van der Waals surface area contributed by atoms with Gasteiger partial charge < -0.3 is 9.88 Å². The van der Waals surface area contributed by atoms with Crippen LogP contribution in [0.1, 0.15) is 41.4 Å². The Labute approximate surface area is 122 Å². The van der Waals surface area contributed by atoms with Crippen LogP contribution in [0.3, 0.4) is 0 Å². The molecule has 0 spiro atoms. The molecule has 1 aliphatic carbocycles. The van der Waals surface area contributed by atoms with E-state index in [4.69, 9.17) is 0 Å². The normalized spacial score (nSPS) is 14.4. The van der Waals surface area contributed by atoms with Gasteiger partial charge in [-0.3, -0.25) is 9.78 Å². The first kappa shape index (κ1) is 13.8. The molecule has 0 saturated heterocycles. The number of carbonyl (C=O) groups is 1. The summed E-state index contributed by atoms with van der Waals surface area (Å²) in [4.78, 5) is 16.7. The predicted molar refractivity (Wildman–Crippen MR) is 79.9 cm³/mol. The summed E-state index contributed by atoms with van der Waals surface area (Å²) in [6.45, 7) is 3.44. The molecule has 2 heterocycles. The molecule has 5 heteroatoms. The first-order chi connectivity index (χ1) is 10.1. The van der Waals surface area contributed by atoms with Crippen LogP contribution in [-0.2, 0) is 7.05 Å². The molecule has 3 rings (SSSR count). The minimum Gasteiger partial charge on any atom is -0.350 e. The first-order valence-corrected chi connectivity index (χ1v) is 7.13. The second-order valence-corrected chi connectivity index (χ2v) is 5.52. The van der Waals surface area contributed by atoms with Crippen molar-refractivity contribution >= 4 is 16.8 Å². The van der Waals surface area contributed by atoms with Gasteiger partial charge in [-0.15, -0.1) is 0 Å². The Balaban J connectivity index is 1.89. The van der Waals surface area contributed by atoms with Crippen LogP contribution in [0.15, 0.2) is 30.7 Å². The molecule has 0 unspecified atom stereocenters. The SMILES string of the molecule is C=C(F)CCNC(=O)c1cc2ccnc(C3CC3)c2n1C. The van der Waals surface area contributed by atoms with Gasteiger partial charge in [0.05, 0.1) is 17.0 Å². The minimum atomic E-state index is -0.424. The smallest absolute Gasteiger partial charge is 0.267 e. The van der Waals surface area contributed by atoms with Crippen LogP contribution in [0.5, 0.6) is 0 Å². The number of carbonyl (C=O) groups excluding carboxylic acids is 1. The van der Waals surface area contributed by atoms with Gasteiger partial charge in [0.2, 0.25) is 0 Å². The Morgan fingerprint density at radius 2 is 2.33 bits per heavy atom. The zero-order chi connectivity index (χ0) is 15.0. The molecule has 1 amide bonds. The average molecular weight is 287 g/mol. The van der Waals surface area contributed by atoms with Crippen molar-refractivity contribution in [3.63, 3.8) is 0 Å². The third-order valence-electron chi connectivity index (χ3n) is 3.85. The topological polar surface area (TPSA) is 46.9 Å². The Kier molecular flexibility index (Phi) is 3.49. The monoisotopic (exact) mass is 287 g/mol. The Hall–Kier alpha value is -2.17. The summed E-state index contributed by atoms with van der Waals surface area (Å²) in [7, 11) is 1.87. The lowest BCUT2D eigenvalue weighted by atomic mass is 10.2. The van der Waals surface area contributed by atoms with E-state index < -0.39 is 5.83 Å². The highest BCUT2D eigenvalue weighted by Gasteiger charge is 2.28. The number of fused-ring (bicyclic) bond motifs is 1. The van der Waals surface area contributed by atoms with Gasteiger partial charge in [0.15, 0.2) is 0 Å². The number of hydrogen-bond donors (Lipinski definition) is 1. The summed E-state index contributed by atoms with van der Waals surface area (Å²) in [6, 6.07) is 3.78. The molecule has 110 valence electrons. The van der Waals surface area contributed by atoms with Crippen molar-refractivity contribution in [3.8, 4) is 0 Å². The van der Waals surface area contributed by atoms with Crippen molar-refractivity contribution in [2.45, 2.75) is 25.2 Å². The van der Waals surface area contributed by atoms with Crippen molar-refractivity contribution in [2.24, 2.45) is 7.05 Å². The molecule has 0 aliphatic heterocycles. The van der Waals surface area contributed by atoms with Crippen molar-refractivity contribution in [1.82, 2.24) is 14.9 Å². The minimum absolute atomic E-state index is 0.143. The summed E-state index contributed by atoms with van der Waals surface area (Å²) >= 11 is 0. The highest BCUT2D eigenvalue weighted by atomic mass is 19.1. The summed E-state index contributed by atoms with van der Waals surface area (Å²) in [5.74, 6) is -0.0997. The maximum Gasteiger partial charge on any atom is 0.267 e. The second-order valence-electron chi connectivity index (χ2n) is 5.52. The van der Waals surface area contributed by atoms with Crippen molar-refractivity contribution < 1.29 is 9.18 Å². The molecule has 1 fully saturated rings. The van der Waals surface area contributed by atoms with Gasteiger partial charge in [-0.25, -0.2) is 4.39 Å². The highest BCUT2D eigenvalue weighted by molar-refractivity contribution is 5.99. The molecule has 1 aliphatic rings. The van der Waals surface area contributed by atoms with E-state index in [-0.39, 0.29) is 18.9 Å². The Morgan fingerprint density at radius 1 is 1.57 bits per heavy atom. The van der Waals surface area contributed by atoms with Crippen LogP contribution < -0.4 is 5.32 Å². The fraction of sp³-hybridized carbons (Fsp3) is 0.375. The molecular formula is C16H18FN3O. The summed E-state index contributed by atoms with van der Waals surface area (Å²) in [5, 5.41) is 3.74. The number of pyridine rings is 1. The number of amides is 1. The molecule has 0 radical (unpaired) electrons. The molecule has 1 N–H and O–H groups in total. The van der Waals surface area contributed by atoms with Gasteiger partial charge in [0, 0.05) is 37.5 Å². The van der Waals surface area contributed by atoms with Crippen LogP contribution in [0.2, 0.25) is 0 Å². The van der Waals surface area contributed by atoms with Gasteiger partial charge in [-0.1, -0.05) is 6.58 Å². The van der Waals surface area contributed by atoms with Crippen molar-refractivity contribution in [1.29, 1.82) is 0 Å². The van der Waals surface area contributed by atoms with E-state index in [0.717, 1.165) is 29.4 Å². The number of nitrogens with zero attached hydrogens (tertiary/aromatic N) is 2. The summed E-state index contributed by atoms with van der Waals surface area (Å²) in [6.07, 6.45) is 4.27. The fourth-order valence-electron chi connectivity index (χ4n) is 2.61. The van der Waals surface area contributed by atoms with E-state index in [9.17, 15) is 9.18 Å². The maximum atomic E-state index is 12.6. The van der Waals surface area contributed by atoms with Crippen LogP contribution in [0.4, 0.5) is 4.39 Å². The first-order valence-electron chi connectivity index (χ1n) is 7.13. The number of rotatable bonds is 5. The Morgan fingerprint density at radius 3 is 3.00 bits per heavy atom. The highest BCUT2D eigenvalue weighted by Crippen LogP contribution is 2.42. The molecular weight excluding hydrogens is 269 g/mol. The summed E-state index contributed by atoms with van der Waals surface area (Å²) < 4.78 is 14.5. The molecule has 2 aromatic heterocycles. The molecule has 0 aromatic carbocycles. The number of halogens is 1. The molecule has 21 heavy (non-hydrogen) atoms. The molecule has 0 atom stereocenters. The number of hydrogen-bond acceptors (Lipinski definition) is 2. The average Bonchev–Trinajstić information content (AvgIpc) is 3.23. The van der Waals surface area contributed by atoms with E-state index in [1.807, 2.05) is 23.7 Å². The fourth-order valence-corrected chi connectivity index (χ4v) is 2.61. The quantitative estimate of drug-likeness (QED) is 0.918. The van der Waals surface area contributed by atoms with Crippen molar-refractivity contribution in [3.05, 3.63) is 42.1 Å². The standard InChI is InChI=1S/C16H18FN3O/c1-10(17)5-7-19-16(21)13-9-12-6-8-18-14(11-3-4-11)15(12)20(13)2/h6,8-9,11H,1,3-5,7H2,2H3,(H,19,21). The van der Waals surface area contributed by atoms with Gasteiger partial charge >= 0.3 is 0 Å². The van der Waals surface area contributed by atoms with E-state index in [1.165, 1.54) is 0 Å². The van der Waals surface area contributed by atoms with Gasteiger partial charge in [0.25, 0.3) is 5.91 Å². The number of aromatic nitrogens is 2. The zero-order valence-corrected chi connectivity index (χ0v) is 12.0. The van der Waals surface area contributed by atoms with Crippen LogP contribution in [-0.4, -0.2) is 22.0 Å². The van der Waals surface area contributed by atoms with E-state index in [1.54, 1.807) is 6.20 Å². The molecule has 4 nitrogen and oxygen atoms in total. The number of aryl methyl sites for hydroxylation is 1. The second kappa shape index (κ2) is 5.31. The van der Waals surface area contributed by atoms with Crippen molar-refractivity contribution in [2.75, 3.05) is 6.54 Å². The van der Waals surface area contributed by atoms with E-state index >= 15 is 0 Å². The Bertz CT molecular complexity index is 716. The molecule has 1 saturated carbocycles. The largest absolute Gasteiger partial charge is 0.350 e. The van der Waals surface area contributed by atoms with Crippen LogP contribution in [0, 0.1) is 0 Å². The van der Waals surface area contributed by atoms with Gasteiger partial charge in [-0.05, 0) is 25.0 Å². The lowest BCUT2D eigenvalue weighted by Gasteiger charge is -2.07. The predicted octanol–water partition coefficient (Wildman–Crippen LogP) is 3.05.